The molecule has 2 atom stereocenters. The second kappa shape index (κ2) is 16.2. The summed E-state index contributed by atoms with van der Waals surface area (Å²) in [7, 11) is 1.84. The molecule has 0 saturated carbocycles. The van der Waals surface area contributed by atoms with Crippen LogP contribution in [0.5, 0.6) is 0 Å². The van der Waals surface area contributed by atoms with Crippen molar-refractivity contribution in [2.24, 2.45) is 5.92 Å². The first-order chi connectivity index (χ1) is 14.6. The Bertz CT molecular complexity index is 611. The molecule has 178 valence electrons. The monoisotopic (exact) mass is 442 g/mol. The minimum absolute atomic E-state index is 0.0387. The van der Waals surface area contributed by atoms with E-state index in [0.717, 1.165) is 6.54 Å². The summed E-state index contributed by atoms with van der Waals surface area (Å²) in [4.78, 5) is 60.8. The van der Waals surface area contributed by atoms with Crippen molar-refractivity contribution < 1.29 is 29.1 Å². The van der Waals surface area contributed by atoms with Gasteiger partial charge in [-0.1, -0.05) is 20.8 Å². The number of ketones is 1. The van der Waals surface area contributed by atoms with Crippen molar-refractivity contribution in [2.75, 3.05) is 33.2 Å². The molecule has 0 rings (SSSR count). The van der Waals surface area contributed by atoms with Gasteiger partial charge in [0, 0.05) is 38.3 Å². The Morgan fingerprint density at radius 1 is 0.935 bits per heavy atom. The summed E-state index contributed by atoms with van der Waals surface area (Å²) in [6, 6.07) is -0.990. The number of carbonyl (C=O) groups excluding carboxylic acids is 4. The molecular formula is C21H38N4O6. The van der Waals surface area contributed by atoms with Crippen LogP contribution in [-0.4, -0.2) is 78.7 Å². The van der Waals surface area contributed by atoms with Gasteiger partial charge in [0.1, 0.15) is 11.8 Å². The number of Topliss-reactive ketones (excluding diaryl/α,β-unsaturated/α-hetero) is 1. The van der Waals surface area contributed by atoms with Gasteiger partial charge in [-0.25, -0.2) is 0 Å². The highest BCUT2D eigenvalue weighted by atomic mass is 16.4. The number of hydrogen-bond donors (Lipinski definition) is 4. The molecule has 0 radical (unpaired) electrons. The Morgan fingerprint density at radius 2 is 1.55 bits per heavy atom. The van der Waals surface area contributed by atoms with E-state index < -0.39 is 23.8 Å². The van der Waals surface area contributed by atoms with Crippen LogP contribution in [0.3, 0.4) is 0 Å². The number of carbonyl (C=O) groups is 5. The minimum Gasteiger partial charge on any atom is -0.481 e. The smallest absolute Gasteiger partial charge is 0.303 e. The van der Waals surface area contributed by atoms with E-state index in [-0.39, 0.29) is 56.4 Å². The molecule has 0 saturated heterocycles. The maximum Gasteiger partial charge on any atom is 0.303 e. The van der Waals surface area contributed by atoms with Crippen molar-refractivity contribution in [3.8, 4) is 0 Å². The third-order valence-corrected chi connectivity index (χ3v) is 4.93. The highest BCUT2D eigenvalue weighted by Gasteiger charge is 2.21. The molecule has 3 amide bonds. The molecular weight excluding hydrogens is 404 g/mol. The fourth-order valence-corrected chi connectivity index (χ4v) is 2.60. The summed E-state index contributed by atoms with van der Waals surface area (Å²) in [5, 5.41) is 16.8. The summed E-state index contributed by atoms with van der Waals surface area (Å²) in [6.45, 7) is 7.15. The number of rotatable bonds is 17. The van der Waals surface area contributed by atoms with E-state index in [1.54, 1.807) is 6.92 Å². The molecule has 0 fully saturated rings. The molecule has 10 nitrogen and oxygen atoms in total. The van der Waals surface area contributed by atoms with Gasteiger partial charge < -0.3 is 21.1 Å². The predicted molar refractivity (Wildman–Crippen MR) is 116 cm³/mol. The second-order valence-electron chi connectivity index (χ2n) is 7.67. The average molecular weight is 443 g/mol. The SMILES string of the molecule is CCC(C)C(=O)NCCNC(=O)[C@@H](CCC(=O)O)NC(=O)CCCC(=O)CN(C)CC. The summed E-state index contributed by atoms with van der Waals surface area (Å²) < 4.78 is 0. The molecule has 0 aromatic heterocycles. The van der Waals surface area contributed by atoms with Crippen LogP contribution in [0.15, 0.2) is 0 Å². The summed E-state index contributed by atoms with van der Waals surface area (Å²) in [5.74, 6) is -2.17. The van der Waals surface area contributed by atoms with E-state index >= 15 is 0 Å². The van der Waals surface area contributed by atoms with E-state index in [2.05, 4.69) is 16.0 Å². The van der Waals surface area contributed by atoms with Crippen molar-refractivity contribution in [1.82, 2.24) is 20.9 Å². The maximum atomic E-state index is 12.4. The topological polar surface area (TPSA) is 145 Å². The molecule has 31 heavy (non-hydrogen) atoms. The van der Waals surface area contributed by atoms with Crippen LogP contribution in [0.2, 0.25) is 0 Å². The van der Waals surface area contributed by atoms with Crippen LogP contribution >= 0.6 is 0 Å². The maximum absolute atomic E-state index is 12.4. The lowest BCUT2D eigenvalue weighted by Crippen LogP contribution is -2.48. The van der Waals surface area contributed by atoms with Gasteiger partial charge in [-0.3, -0.25) is 28.9 Å². The zero-order chi connectivity index (χ0) is 23.8. The Kier molecular flexibility index (Phi) is 14.9. The minimum atomic E-state index is -1.07. The van der Waals surface area contributed by atoms with Crippen LogP contribution < -0.4 is 16.0 Å². The highest BCUT2D eigenvalue weighted by Crippen LogP contribution is 2.03. The largest absolute Gasteiger partial charge is 0.481 e. The highest BCUT2D eigenvalue weighted by molar-refractivity contribution is 5.88. The summed E-state index contributed by atoms with van der Waals surface area (Å²) >= 11 is 0. The Balaban J connectivity index is 4.48. The number of carboxylic acids is 1. The molecule has 0 bridgehead atoms. The second-order valence-corrected chi connectivity index (χ2v) is 7.67. The van der Waals surface area contributed by atoms with Crippen molar-refractivity contribution in [3.05, 3.63) is 0 Å². The average Bonchev–Trinajstić information content (AvgIpc) is 2.72. The van der Waals surface area contributed by atoms with Crippen LogP contribution in [0, 0.1) is 5.92 Å². The van der Waals surface area contributed by atoms with Gasteiger partial charge in [-0.05, 0) is 32.9 Å². The standard InChI is InChI=1S/C21H38N4O6/c1-5-15(3)20(30)22-12-13-23-21(31)17(10-11-19(28)29)24-18(27)9-7-8-16(26)14-25(4)6-2/h15,17H,5-14H2,1-4H3,(H,22,30)(H,23,31)(H,24,27)(H,28,29)/t15?,17-/m1/s1. The van der Waals surface area contributed by atoms with Gasteiger partial charge in [-0.15, -0.1) is 0 Å². The first kappa shape index (κ1) is 28.5. The van der Waals surface area contributed by atoms with Gasteiger partial charge >= 0.3 is 5.97 Å². The number of likely N-dealkylation sites (N-methyl/N-ethyl adjacent to an activating group) is 1. The molecule has 0 heterocycles. The fraction of sp³-hybridized carbons (Fsp3) is 0.762. The number of nitrogens with one attached hydrogen (secondary N) is 3. The first-order valence-electron chi connectivity index (χ1n) is 10.9. The van der Waals surface area contributed by atoms with Crippen LogP contribution in [-0.2, 0) is 24.0 Å². The van der Waals surface area contributed by atoms with E-state index in [1.165, 1.54) is 0 Å². The Hall–Kier alpha value is -2.49. The lowest BCUT2D eigenvalue weighted by molar-refractivity contribution is -0.138. The zero-order valence-corrected chi connectivity index (χ0v) is 19.2. The van der Waals surface area contributed by atoms with Crippen LogP contribution in [0.4, 0.5) is 0 Å². The van der Waals surface area contributed by atoms with Crippen molar-refractivity contribution in [3.63, 3.8) is 0 Å². The van der Waals surface area contributed by atoms with Crippen LogP contribution in [0.1, 0.15) is 59.3 Å². The molecule has 0 aliphatic heterocycles. The first-order valence-corrected chi connectivity index (χ1v) is 10.9. The lowest BCUT2D eigenvalue weighted by Gasteiger charge is -2.18. The Labute approximate surface area is 184 Å². The van der Waals surface area contributed by atoms with Gasteiger partial charge in [0.05, 0.1) is 6.54 Å². The third kappa shape index (κ3) is 14.2. The molecule has 0 aliphatic carbocycles. The fourth-order valence-electron chi connectivity index (χ4n) is 2.60. The van der Waals surface area contributed by atoms with E-state index in [4.69, 9.17) is 5.11 Å². The molecule has 0 aromatic carbocycles. The number of hydrogen-bond acceptors (Lipinski definition) is 6. The molecule has 0 aromatic rings. The number of aliphatic carboxylic acids is 1. The lowest BCUT2D eigenvalue weighted by atomic mass is 10.1. The number of nitrogens with zero attached hydrogens (tertiary/aromatic N) is 1. The molecule has 0 aliphatic rings. The molecule has 10 heteroatoms. The van der Waals surface area contributed by atoms with E-state index in [1.807, 2.05) is 25.8 Å². The predicted octanol–water partition coefficient (Wildman–Crippen LogP) is 0.306. The number of amides is 3. The van der Waals surface area contributed by atoms with Crippen LogP contribution in [0.25, 0.3) is 0 Å². The molecule has 1 unspecified atom stereocenters. The van der Waals surface area contributed by atoms with Gasteiger partial charge in [0.25, 0.3) is 0 Å². The third-order valence-electron chi connectivity index (χ3n) is 4.93. The van der Waals surface area contributed by atoms with Crippen molar-refractivity contribution >= 4 is 29.5 Å². The quantitative estimate of drug-likeness (QED) is 0.237. The van der Waals surface area contributed by atoms with E-state index in [9.17, 15) is 24.0 Å². The summed E-state index contributed by atoms with van der Waals surface area (Å²) in [5.41, 5.74) is 0. The summed E-state index contributed by atoms with van der Waals surface area (Å²) in [6.07, 6.45) is 1.08. The Morgan fingerprint density at radius 3 is 2.10 bits per heavy atom. The van der Waals surface area contributed by atoms with Gasteiger partial charge in [0.15, 0.2) is 0 Å². The molecule has 4 N–H and O–H groups in total. The normalized spacial score (nSPS) is 12.7. The van der Waals surface area contributed by atoms with Gasteiger partial charge in [-0.2, -0.15) is 0 Å². The van der Waals surface area contributed by atoms with Crippen molar-refractivity contribution in [2.45, 2.75) is 65.3 Å². The van der Waals surface area contributed by atoms with E-state index in [0.29, 0.717) is 19.4 Å². The van der Waals surface area contributed by atoms with Crippen molar-refractivity contribution in [1.29, 1.82) is 0 Å². The molecule has 0 spiro atoms. The van der Waals surface area contributed by atoms with Gasteiger partial charge in [0.2, 0.25) is 17.7 Å². The number of carboxylic acid groups (broad SMARTS) is 1. The zero-order valence-electron chi connectivity index (χ0n) is 19.2.